The van der Waals surface area contributed by atoms with Gasteiger partial charge >= 0.3 is 0 Å². The summed E-state index contributed by atoms with van der Waals surface area (Å²) in [7, 11) is 0. The number of halogens is 1. The lowest BCUT2D eigenvalue weighted by molar-refractivity contribution is -0.113. The molecule has 0 saturated heterocycles. The van der Waals surface area contributed by atoms with E-state index in [0.717, 1.165) is 12.0 Å². The van der Waals surface area contributed by atoms with Crippen LogP contribution in [0.1, 0.15) is 31.9 Å². The van der Waals surface area contributed by atoms with Crippen LogP contribution in [-0.2, 0) is 4.79 Å². The Morgan fingerprint density at radius 2 is 2.04 bits per heavy atom. The van der Waals surface area contributed by atoms with E-state index >= 15 is 0 Å². The van der Waals surface area contributed by atoms with E-state index in [1.807, 2.05) is 45.0 Å². The number of fused-ring (bicyclic) bond motifs is 1. The summed E-state index contributed by atoms with van der Waals surface area (Å²) in [5, 5.41) is 4.58. The Kier molecular flexibility index (Phi) is 6.42. The zero-order valence-electron chi connectivity index (χ0n) is 16.0. The molecule has 0 unspecified atom stereocenters. The summed E-state index contributed by atoms with van der Waals surface area (Å²) >= 11 is 7.28. The van der Waals surface area contributed by atoms with Crippen LogP contribution in [-0.4, -0.2) is 21.2 Å². The van der Waals surface area contributed by atoms with Crippen LogP contribution >= 0.6 is 23.4 Å². The number of carbonyl (C=O) groups excluding carboxylic acids is 1. The third-order valence-corrected chi connectivity index (χ3v) is 5.80. The van der Waals surface area contributed by atoms with Crippen molar-refractivity contribution < 1.29 is 4.79 Å². The molecule has 1 atom stereocenters. The summed E-state index contributed by atoms with van der Waals surface area (Å²) in [5.74, 6) is -0.0267. The van der Waals surface area contributed by atoms with Gasteiger partial charge in [0.2, 0.25) is 5.91 Å². The van der Waals surface area contributed by atoms with Crippen molar-refractivity contribution in [1.29, 1.82) is 0 Å². The average molecular weight is 416 g/mol. The molecule has 0 spiro atoms. The second kappa shape index (κ2) is 8.80. The molecular formula is C21H22ClN3O2S. The standard InChI is InChI=1S/C21H22ClN3O2S/c1-4-14(3)25-20(27)16-7-5-6-8-17(16)24-21(25)28-12-19(26)23-18-11-15(22)10-9-13(18)2/h5-11,14H,4,12H2,1-3H3,(H,23,26)/t14-/m0/s1. The number of carbonyl (C=O) groups is 1. The topological polar surface area (TPSA) is 64.0 Å². The van der Waals surface area contributed by atoms with E-state index in [2.05, 4.69) is 10.3 Å². The molecule has 0 radical (unpaired) electrons. The van der Waals surface area contributed by atoms with Gasteiger partial charge in [0.1, 0.15) is 0 Å². The lowest BCUT2D eigenvalue weighted by atomic mass is 10.2. The van der Waals surface area contributed by atoms with Crippen LogP contribution in [0.25, 0.3) is 10.9 Å². The van der Waals surface area contributed by atoms with Crippen LogP contribution in [0.3, 0.4) is 0 Å². The molecule has 3 rings (SSSR count). The molecule has 146 valence electrons. The normalized spacial score (nSPS) is 12.1. The number of hydrogen-bond acceptors (Lipinski definition) is 4. The van der Waals surface area contributed by atoms with Gasteiger partial charge in [0.05, 0.1) is 16.7 Å². The van der Waals surface area contributed by atoms with Crippen molar-refractivity contribution in [1.82, 2.24) is 9.55 Å². The fraction of sp³-hybridized carbons (Fsp3) is 0.286. The summed E-state index contributed by atoms with van der Waals surface area (Å²) < 4.78 is 1.69. The third-order valence-electron chi connectivity index (χ3n) is 4.61. The highest BCUT2D eigenvalue weighted by Crippen LogP contribution is 2.24. The minimum atomic E-state index is -0.173. The van der Waals surface area contributed by atoms with E-state index < -0.39 is 0 Å². The summed E-state index contributed by atoms with van der Waals surface area (Å²) in [6.45, 7) is 5.91. The molecule has 7 heteroatoms. The Labute approximate surface area is 173 Å². The number of nitrogens with one attached hydrogen (secondary N) is 1. The van der Waals surface area contributed by atoms with Crippen LogP contribution < -0.4 is 10.9 Å². The number of hydrogen-bond donors (Lipinski definition) is 1. The monoisotopic (exact) mass is 415 g/mol. The SMILES string of the molecule is CC[C@H](C)n1c(SCC(=O)Nc2cc(Cl)ccc2C)nc2ccccc2c1=O. The molecule has 2 aromatic carbocycles. The first-order valence-electron chi connectivity index (χ1n) is 9.10. The lowest BCUT2D eigenvalue weighted by Crippen LogP contribution is -2.26. The highest BCUT2D eigenvalue weighted by atomic mass is 35.5. The van der Waals surface area contributed by atoms with Gasteiger partial charge in [-0.15, -0.1) is 0 Å². The zero-order valence-corrected chi connectivity index (χ0v) is 17.6. The summed E-state index contributed by atoms with van der Waals surface area (Å²) in [6, 6.07) is 12.6. The minimum absolute atomic E-state index is 0.00894. The number of amides is 1. The van der Waals surface area contributed by atoms with E-state index in [4.69, 9.17) is 11.6 Å². The highest BCUT2D eigenvalue weighted by molar-refractivity contribution is 7.99. The van der Waals surface area contributed by atoms with E-state index in [0.29, 0.717) is 26.8 Å². The first-order chi connectivity index (χ1) is 13.4. The van der Waals surface area contributed by atoms with Gasteiger partial charge in [0.15, 0.2) is 5.16 Å². The van der Waals surface area contributed by atoms with Gasteiger partial charge in [-0.2, -0.15) is 0 Å². The smallest absolute Gasteiger partial charge is 0.262 e. The van der Waals surface area contributed by atoms with Gasteiger partial charge in [-0.1, -0.05) is 48.5 Å². The number of para-hydroxylation sites is 1. The molecule has 1 aromatic heterocycles. The summed E-state index contributed by atoms with van der Waals surface area (Å²) in [5.41, 5.74) is 2.18. The maximum Gasteiger partial charge on any atom is 0.262 e. The number of aromatic nitrogens is 2. The number of thioether (sulfide) groups is 1. The molecule has 0 saturated carbocycles. The van der Waals surface area contributed by atoms with Crippen molar-refractivity contribution in [2.75, 3.05) is 11.1 Å². The first-order valence-corrected chi connectivity index (χ1v) is 10.5. The van der Waals surface area contributed by atoms with Crippen LogP contribution in [0.15, 0.2) is 52.4 Å². The molecule has 5 nitrogen and oxygen atoms in total. The van der Waals surface area contributed by atoms with Gasteiger partial charge in [-0.05, 0) is 50.1 Å². The Balaban J connectivity index is 1.86. The highest BCUT2D eigenvalue weighted by Gasteiger charge is 2.17. The van der Waals surface area contributed by atoms with Gasteiger partial charge < -0.3 is 5.32 Å². The molecule has 0 fully saturated rings. The molecule has 0 aliphatic rings. The van der Waals surface area contributed by atoms with Gasteiger partial charge in [-0.25, -0.2) is 4.98 Å². The number of anilines is 1. The lowest BCUT2D eigenvalue weighted by Gasteiger charge is -2.18. The first kappa shape index (κ1) is 20.4. The second-order valence-electron chi connectivity index (χ2n) is 6.64. The number of rotatable bonds is 6. The Morgan fingerprint density at radius 3 is 2.79 bits per heavy atom. The quantitative estimate of drug-likeness (QED) is 0.451. The Hall–Kier alpha value is -2.31. The summed E-state index contributed by atoms with van der Waals surface area (Å²) in [4.78, 5) is 30.1. The van der Waals surface area contributed by atoms with Gasteiger partial charge in [-0.3, -0.25) is 14.2 Å². The Bertz CT molecular complexity index is 1080. The molecule has 1 heterocycles. The van der Waals surface area contributed by atoms with Crippen LogP contribution in [0, 0.1) is 6.92 Å². The van der Waals surface area contributed by atoms with Crippen molar-refractivity contribution in [3.05, 3.63) is 63.4 Å². The molecule has 3 aromatic rings. The second-order valence-corrected chi connectivity index (χ2v) is 8.02. The fourth-order valence-electron chi connectivity index (χ4n) is 2.84. The average Bonchev–Trinajstić information content (AvgIpc) is 2.69. The summed E-state index contributed by atoms with van der Waals surface area (Å²) in [6.07, 6.45) is 0.793. The van der Waals surface area contributed by atoms with Gasteiger partial charge in [0.25, 0.3) is 5.56 Å². The molecular weight excluding hydrogens is 394 g/mol. The molecule has 0 aliphatic heterocycles. The number of aryl methyl sites for hydroxylation is 1. The van der Waals surface area contributed by atoms with Crippen molar-refractivity contribution in [2.24, 2.45) is 0 Å². The van der Waals surface area contributed by atoms with Crippen molar-refractivity contribution >= 4 is 45.9 Å². The van der Waals surface area contributed by atoms with Crippen LogP contribution in [0.5, 0.6) is 0 Å². The maximum absolute atomic E-state index is 13.0. The molecule has 28 heavy (non-hydrogen) atoms. The molecule has 0 aliphatic carbocycles. The number of benzene rings is 2. The molecule has 1 N–H and O–H groups in total. The largest absolute Gasteiger partial charge is 0.325 e. The van der Waals surface area contributed by atoms with Crippen LogP contribution in [0.2, 0.25) is 5.02 Å². The van der Waals surface area contributed by atoms with Crippen molar-refractivity contribution in [3.63, 3.8) is 0 Å². The maximum atomic E-state index is 13.0. The van der Waals surface area contributed by atoms with E-state index in [1.165, 1.54) is 11.8 Å². The van der Waals surface area contributed by atoms with E-state index in [-0.39, 0.29) is 23.3 Å². The third kappa shape index (κ3) is 4.39. The van der Waals surface area contributed by atoms with Crippen molar-refractivity contribution in [2.45, 2.75) is 38.4 Å². The van der Waals surface area contributed by atoms with Crippen molar-refractivity contribution in [3.8, 4) is 0 Å². The zero-order chi connectivity index (χ0) is 20.3. The number of nitrogens with zero attached hydrogens (tertiary/aromatic N) is 2. The fourth-order valence-corrected chi connectivity index (χ4v) is 3.91. The van der Waals surface area contributed by atoms with Crippen LogP contribution in [0.4, 0.5) is 5.69 Å². The Morgan fingerprint density at radius 1 is 1.29 bits per heavy atom. The predicted octanol–water partition coefficient (Wildman–Crippen LogP) is 5.06. The van der Waals surface area contributed by atoms with E-state index in [9.17, 15) is 9.59 Å². The molecule has 0 bridgehead atoms. The van der Waals surface area contributed by atoms with E-state index in [1.54, 1.807) is 22.8 Å². The minimum Gasteiger partial charge on any atom is -0.325 e. The van der Waals surface area contributed by atoms with Gasteiger partial charge in [0, 0.05) is 16.8 Å². The predicted molar refractivity (Wildman–Crippen MR) is 117 cm³/mol. The molecule has 1 amide bonds.